The fourth-order valence-corrected chi connectivity index (χ4v) is 6.73. The van der Waals surface area contributed by atoms with Crippen molar-refractivity contribution in [2.24, 2.45) is 22.9 Å². The number of fused-ring (bicyclic) bond motifs is 1. The quantitative estimate of drug-likeness (QED) is 0.435. The first-order valence-corrected chi connectivity index (χ1v) is 12.2. The van der Waals surface area contributed by atoms with Crippen LogP contribution in [0.5, 0.6) is 0 Å². The molecule has 2 aromatic carbocycles. The second kappa shape index (κ2) is 8.35. The van der Waals surface area contributed by atoms with E-state index in [1.165, 1.54) is 25.5 Å². The van der Waals surface area contributed by atoms with Gasteiger partial charge >= 0.3 is 0 Å². The van der Waals surface area contributed by atoms with Crippen LogP contribution in [0.2, 0.25) is 0 Å². The number of aromatic nitrogens is 1. The number of carbonyl (C=O) groups is 2. The van der Waals surface area contributed by atoms with Gasteiger partial charge in [-0.2, -0.15) is 5.10 Å². The zero-order valence-electron chi connectivity index (χ0n) is 19.0. The van der Waals surface area contributed by atoms with Crippen molar-refractivity contribution < 1.29 is 9.59 Å². The molecular weight excluding hydrogens is 424 g/mol. The predicted molar refractivity (Wildman–Crippen MR) is 132 cm³/mol. The number of pyridine rings is 1. The number of hydrogen-bond acceptors (Lipinski definition) is 4. The minimum Gasteiger partial charge on any atom is -0.347 e. The number of rotatable bonds is 5. The van der Waals surface area contributed by atoms with Crippen molar-refractivity contribution in [2.75, 3.05) is 0 Å². The van der Waals surface area contributed by atoms with Gasteiger partial charge in [-0.15, -0.1) is 0 Å². The highest BCUT2D eigenvalue weighted by Gasteiger charge is 2.51. The molecule has 0 atom stereocenters. The van der Waals surface area contributed by atoms with E-state index in [-0.39, 0.29) is 17.4 Å². The van der Waals surface area contributed by atoms with Crippen molar-refractivity contribution in [2.45, 2.75) is 44.1 Å². The molecule has 7 rings (SSSR count). The van der Waals surface area contributed by atoms with Gasteiger partial charge in [-0.25, -0.2) is 10.4 Å². The van der Waals surface area contributed by atoms with Gasteiger partial charge in [0.25, 0.3) is 11.8 Å². The lowest BCUT2D eigenvalue weighted by atomic mass is 9.53. The van der Waals surface area contributed by atoms with Crippen LogP contribution in [0, 0.1) is 17.8 Å². The van der Waals surface area contributed by atoms with Gasteiger partial charge in [-0.1, -0.05) is 24.3 Å². The summed E-state index contributed by atoms with van der Waals surface area (Å²) in [6.45, 7) is 0. The fourth-order valence-electron chi connectivity index (χ4n) is 6.73. The molecule has 0 saturated heterocycles. The van der Waals surface area contributed by atoms with Crippen LogP contribution < -0.4 is 10.7 Å². The van der Waals surface area contributed by atoms with Crippen molar-refractivity contribution in [1.29, 1.82) is 0 Å². The normalized spacial score (nSPS) is 27.2. The molecule has 34 heavy (non-hydrogen) atoms. The van der Waals surface area contributed by atoms with Crippen LogP contribution in [0.25, 0.3) is 10.9 Å². The number of hydrogen-bond donors (Lipinski definition) is 2. The van der Waals surface area contributed by atoms with Crippen LogP contribution in [-0.4, -0.2) is 28.6 Å². The molecule has 6 nitrogen and oxygen atoms in total. The summed E-state index contributed by atoms with van der Waals surface area (Å²) in [6, 6.07) is 18.5. The summed E-state index contributed by atoms with van der Waals surface area (Å²) in [6.07, 6.45) is 8.92. The average Bonchev–Trinajstić information content (AvgIpc) is 2.83. The van der Waals surface area contributed by atoms with E-state index in [0.717, 1.165) is 47.9 Å². The topological polar surface area (TPSA) is 83.5 Å². The van der Waals surface area contributed by atoms with Crippen LogP contribution in [0.3, 0.4) is 0 Å². The monoisotopic (exact) mass is 452 g/mol. The van der Waals surface area contributed by atoms with Crippen molar-refractivity contribution in [3.05, 3.63) is 77.5 Å². The molecule has 0 radical (unpaired) electrons. The maximum Gasteiger partial charge on any atom is 0.271 e. The summed E-state index contributed by atoms with van der Waals surface area (Å²) in [4.78, 5) is 30.0. The summed E-state index contributed by atoms with van der Waals surface area (Å²) in [5.41, 5.74) is 5.10. The molecule has 6 heteroatoms. The lowest BCUT2D eigenvalue weighted by Gasteiger charge is -2.56. The second-order valence-corrected chi connectivity index (χ2v) is 10.4. The molecule has 1 aromatic heterocycles. The van der Waals surface area contributed by atoms with E-state index in [1.54, 1.807) is 24.3 Å². The molecule has 2 N–H and O–H groups in total. The summed E-state index contributed by atoms with van der Waals surface area (Å²) in [5.74, 6) is 1.98. The van der Waals surface area contributed by atoms with E-state index in [0.29, 0.717) is 16.8 Å². The fraction of sp³-hybridized carbons (Fsp3) is 0.357. The Morgan fingerprint density at radius 2 is 1.44 bits per heavy atom. The molecule has 0 aliphatic heterocycles. The number of hydrazone groups is 1. The summed E-state index contributed by atoms with van der Waals surface area (Å²) in [7, 11) is 0. The Morgan fingerprint density at radius 3 is 2.12 bits per heavy atom. The van der Waals surface area contributed by atoms with E-state index in [9.17, 15) is 9.59 Å². The van der Waals surface area contributed by atoms with Gasteiger partial charge in [-0.3, -0.25) is 9.59 Å². The van der Waals surface area contributed by atoms with Crippen LogP contribution in [0.1, 0.15) is 64.9 Å². The second-order valence-electron chi connectivity index (χ2n) is 10.4. The molecule has 172 valence electrons. The Balaban J connectivity index is 1.07. The number of amides is 2. The Labute approximate surface area is 198 Å². The Bertz CT molecular complexity index is 1250. The summed E-state index contributed by atoms with van der Waals surface area (Å²) in [5, 5.41) is 8.47. The highest BCUT2D eigenvalue weighted by molar-refractivity contribution is 5.98. The van der Waals surface area contributed by atoms with E-state index in [4.69, 9.17) is 0 Å². The Hall–Kier alpha value is -3.54. The van der Waals surface area contributed by atoms with Gasteiger partial charge in [0.15, 0.2) is 0 Å². The summed E-state index contributed by atoms with van der Waals surface area (Å²) < 4.78 is 0. The number of carbonyl (C=O) groups excluding carboxylic acids is 2. The predicted octanol–water partition coefficient (Wildman–Crippen LogP) is 4.70. The van der Waals surface area contributed by atoms with Crippen LogP contribution in [-0.2, 0) is 0 Å². The number of nitrogens with one attached hydrogen (secondary N) is 2. The third-order valence-electron chi connectivity index (χ3n) is 7.81. The first kappa shape index (κ1) is 21.0. The van der Waals surface area contributed by atoms with Crippen molar-refractivity contribution >= 4 is 28.9 Å². The number of benzene rings is 2. The SMILES string of the molecule is O=C(N/N=C/c1ccc2ccccc2n1)c1ccc(C(=O)NC23CC4CC(CC(C4)C2)C3)cc1. The minimum absolute atomic E-state index is 0.0204. The molecule has 4 fully saturated rings. The molecular formula is C28H28N4O2. The molecule has 4 aliphatic rings. The molecule has 4 saturated carbocycles. The Morgan fingerprint density at radius 1 is 0.824 bits per heavy atom. The zero-order chi connectivity index (χ0) is 23.1. The molecule has 0 spiro atoms. The first-order valence-electron chi connectivity index (χ1n) is 12.2. The molecule has 3 aromatic rings. The van der Waals surface area contributed by atoms with Gasteiger partial charge in [-0.05, 0) is 92.7 Å². The highest BCUT2D eigenvalue weighted by Crippen LogP contribution is 2.55. The van der Waals surface area contributed by atoms with Crippen molar-refractivity contribution in [3.8, 4) is 0 Å². The van der Waals surface area contributed by atoms with E-state index >= 15 is 0 Å². The van der Waals surface area contributed by atoms with Crippen molar-refractivity contribution in [1.82, 2.24) is 15.7 Å². The van der Waals surface area contributed by atoms with Gasteiger partial charge in [0.05, 0.1) is 17.4 Å². The highest BCUT2D eigenvalue weighted by atomic mass is 16.2. The lowest BCUT2D eigenvalue weighted by Crippen LogP contribution is -2.59. The van der Waals surface area contributed by atoms with Crippen LogP contribution in [0.15, 0.2) is 65.8 Å². The smallest absolute Gasteiger partial charge is 0.271 e. The van der Waals surface area contributed by atoms with Gasteiger partial charge in [0.1, 0.15) is 0 Å². The third-order valence-corrected chi connectivity index (χ3v) is 7.81. The molecule has 0 unspecified atom stereocenters. The molecule has 2 amide bonds. The minimum atomic E-state index is -0.329. The lowest BCUT2D eigenvalue weighted by molar-refractivity contribution is -0.0167. The number of para-hydroxylation sites is 1. The van der Waals surface area contributed by atoms with E-state index in [1.807, 2.05) is 36.4 Å². The average molecular weight is 453 g/mol. The van der Waals surface area contributed by atoms with Crippen LogP contribution >= 0.6 is 0 Å². The maximum absolute atomic E-state index is 13.0. The van der Waals surface area contributed by atoms with E-state index in [2.05, 4.69) is 20.8 Å². The Kier molecular flexibility index (Phi) is 5.16. The number of nitrogens with zero attached hydrogens (tertiary/aromatic N) is 2. The maximum atomic E-state index is 13.0. The molecule has 4 aliphatic carbocycles. The van der Waals surface area contributed by atoms with Crippen molar-refractivity contribution in [3.63, 3.8) is 0 Å². The zero-order valence-corrected chi connectivity index (χ0v) is 19.0. The standard InChI is InChI=1S/C28H28N4O2/c33-26(31-28-14-18-11-19(15-28)13-20(12-18)16-28)22-5-7-23(8-6-22)27(34)32-29-17-24-10-9-21-3-1-2-4-25(21)30-24/h1-10,17-20H,11-16H2,(H,31,33)(H,32,34)/b29-17+. The largest absolute Gasteiger partial charge is 0.347 e. The van der Waals surface area contributed by atoms with Gasteiger partial charge < -0.3 is 5.32 Å². The van der Waals surface area contributed by atoms with E-state index < -0.39 is 0 Å². The first-order chi connectivity index (χ1) is 16.6. The summed E-state index contributed by atoms with van der Waals surface area (Å²) >= 11 is 0. The molecule has 1 heterocycles. The van der Waals surface area contributed by atoms with Crippen LogP contribution in [0.4, 0.5) is 0 Å². The van der Waals surface area contributed by atoms with Gasteiger partial charge in [0.2, 0.25) is 0 Å². The third kappa shape index (κ3) is 4.09. The molecule has 4 bridgehead atoms. The van der Waals surface area contributed by atoms with Gasteiger partial charge in [0, 0.05) is 22.1 Å².